The highest BCUT2D eigenvalue weighted by Crippen LogP contribution is 2.18. The molecule has 20 heavy (non-hydrogen) atoms. The Morgan fingerprint density at radius 3 is 2.85 bits per heavy atom. The van der Waals surface area contributed by atoms with Crippen molar-refractivity contribution < 1.29 is 4.42 Å². The van der Waals surface area contributed by atoms with E-state index in [1.165, 1.54) is 11.1 Å². The van der Waals surface area contributed by atoms with Crippen molar-refractivity contribution in [2.75, 3.05) is 6.54 Å². The second-order valence-corrected chi connectivity index (χ2v) is 5.03. The van der Waals surface area contributed by atoms with Crippen LogP contribution in [0.5, 0.6) is 0 Å². The van der Waals surface area contributed by atoms with Gasteiger partial charge in [0, 0.05) is 19.9 Å². The summed E-state index contributed by atoms with van der Waals surface area (Å²) in [5, 5.41) is 0. The lowest BCUT2D eigenvalue weighted by molar-refractivity contribution is 0.505. The van der Waals surface area contributed by atoms with Gasteiger partial charge < -0.3 is 14.7 Å². The molecule has 2 heterocycles. The number of nitrogens with two attached hydrogens (primary N) is 1. The van der Waals surface area contributed by atoms with E-state index in [1.807, 2.05) is 12.1 Å². The second kappa shape index (κ2) is 5.51. The van der Waals surface area contributed by atoms with Gasteiger partial charge in [0.15, 0.2) is 0 Å². The molecule has 0 fully saturated rings. The fourth-order valence-electron chi connectivity index (χ4n) is 2.52. The summed E-state index contributed by atoms with van der Waals surface area (Å²) in [6, 6.07) is 10.3. The number of imidazole rings is 1. The van der Waals surface area contributed by atoms with Gasteiger partial charge in [0.1, 0.15) is 11.6 Å². The van der Waals surface area contributed by atoms with Gasteiger partial charge in [0.25, 0.3) is 0 Å². The average molecular weight is 269 g/mol. The topological polar surface area (TPSA) is 57.0 Å². The summed E-state index contributed by atoms with van der Waals surface area (Å²) in [4.78, 5) is 4.70. The van der Waals surface area contributed by atoms with Crippen molar-refractivity contribution in [3.05, 3.63) is 53.7 Å². The quantitative estimate of drug-likeness (QED) is 0.774. The molecule has 0 aliphatic heterocycles. The van der Waals surface area contributed by atoms with Gasteiger partial charge in [-0.05, 0) is 42.8 Å². The molecule has 3 rings (SSSR count). The molecule has 0 bridgehead atoms. The number of fused-ring (bicyclic) bond motifs is 1. The Morgan fingerprint density at radius 2 is 2.10 bits per heavy atom. The summed E-state index contributed by atoms with van der Waals surface area (Å²) >= 11 is 0. The summed E-state index contributed by atoms with van der Waals surface area (Å²) in [5.41, 5.74) is 9.10. The fraction of sp³-hybridized carbons (Fsp3) is 0.312. The Bertz CT molecular complexity index is 698. The lowest BCUT2D eigenvalue weighted by atomic mass is 10.1. The predicted molar refractivity (Wildman–Crippen MR) is 79.6 cm³/mol. The summed E-state index contributed by atoms with van der Waals surface area (Å²) in [5.74, 6) is 2.09. The van der Waals surface area contributed by atoms with Crippen LogP contribution in [0.25, 0.3) is 11.0 Å². The predicted octanol–water partition coefficient (Wildman–Crippen LogP) is 2.45. The molecule has 0 aliphatic carbocycles. The van der Waals surface area contributed by atoms with E-state index in [9.17, 15) is 0 Å². The molecule has 0 radical (unpaired) electrons. The molecule has 0 atom stereocenters. The van der Waals surface area contributed by atoms with Crippen molar-refractivity contribution in [3.63, 3.8) is 0 Å². The van der Waals surface area contributed by atoms with Gasteiger partial charge in [0.2, 0.25) is 0 Å². The minimum atomic E-state index is 0.675. The van der Waals surface area contributed by atoms with E-state index in [0.29, 0.717) is 6.54 Å². The Labute approximate surface area is 118 Å². The van der Waals surface area contributed by atoms with Crippen LogP contribution in [0.15, 0.2) is 41.0 Å². The van der Waals surface area contributed by atoms with Gasteiger partial charge in [0.05, 0.1) is 17.3 Å². The van der Waals surface area contributed by atoms with E-state index in [-0.39, 0.29) is 0 Å². The Kier molecular flexibility index (Phi) is 3.56. The van der Waals surface area contributed by atoms with Crippen LogP contribution in [0.3, 0.4) is 0 Å². The number of furan rings is 1. The van der Waals surface area contributed by atoms with Gasteiger partial charge in [-0.3, -0.25) is 0 Å². The van der Waals surface area contributed by atoms with Crippen molar-refractivity contribution in [2.45, 2.75) is 19.3 Å². The Hall–Kier alpha value is -2.07. The molecule has 2 N–H and O–H groups in total. The molecule has 0 saturated heterocycles. The zero-order valence-corrected chi connectivity index (χ0v) is 11.7. The third-order valence-corrected chi connectivity index (χ3v) is 3.65. The van der Waals surface area contributed by atoms with E-state index in [1.54, 1.807) is 6.26 Å². The number of nitrogens with zero attached hydrogens (tertiary/aromatic N) is 2. The van der Waals surface area contributed by atoms with Crippen molar-refractivity contribution in [1.82, 2.24) is 9.55 Å². The van der Waals surface area contributed by atoms with E-state index in [4.69, 9.17) is 15.1 Å². The van der Waals surface area contributed by atoms with Gasteiger partial charge in [-0.2, -0.15) is 0 Å². The molecule has 4 heteroatoms. The van der Waals surface area contributed by atoms with Crippen LogP contribution in [-0.2, 0) is 26.3 Å². The molecule has 1 aromatic carbocycles. The maximum Gasteiger partial charge on any atom is 0.110 e. The van der Waals surface area contributed by atoms with Crippen LogP contribution in [0.1, 0.15) is 17.1 Å². The van der Waals surface area contributed by atoms with Crippen molar-refractivity contribution in [1.29, 1.82) is 0 Å². The first-order valence-corrected chi connectivity index (χ1v) is 6.94. The number of aromatic nitrogens is 2. The highest BCUT2D eigenvalue weighted by Gasteiger charge is 2.09. The van der Waals surface area contributed by atoms with Crippen LogP contribution in [-0.4, -0.2) is 16.1 Å². The van der Waals surface area contributed by atoms with Gasteiger partial charge in [-0.15, -0.1) is 0 Å². The fourth-order valence-corrected chi connectivity index (χ4v) is 2.52. The SMILES string of the molecule is Cn1c(CCc2ccco2)nc2ccc(CCN)cc21. The zero-order valence-electron chi connectivity index (χ0n) is 11.7. The van der Waals surface area contributed by atoms with E-state index >= 15 is 0 Å². The zero-order chi connectivity index (χ0) is 13.9. The maximum atomic E-state index is 5.62. The van der Waals surface area contributed by atoms with E-state index in [2.05, 4.69) is 29.8 Å². The number of hydrogen-bond donors (Lipinski definition) is 1. The van der Waals surface area contributed by atoms with Gasteiger partial charge in [-0.1, -0.05) is 6.07 Å². The van der Waals surface area contributed by atoms with Gasteiger partial charge in [-0.25, -0.2) is 4.98 Å². The number of rotatable bonds is 5. The normalized spacial score (nSPS) is 11.3. The molecular formula is C16H19N3O. The van der Waals surface area contributed by atoms with Crippen LogP contribution in [0, 0.1) is 0 Å². The van der Waals surface area contributed by atoms with Crippen LogP contribution < -0.4 is 5.73 Å². The number of aryl methyl sites for hydroxylation is 3. The maximum absolute atomic E-state index is 5.62. The van der Waals surface area contributed by atoms with Crippen molar-refractivity contribution >= 4 is 11.0 Å². The van der Waals surface area contributed by atoms with E-state index < -0.39 is 0 Å². The lowest BCUT2D eigenvalue weighted by Crippen LogP contribution is -2.03. The molecule has 0 unspecified atom stereocenters. The van der Waals surface area contributed by atoms with Crippen LogP contribution in [0.2, 0.25) is 0 Å². The minimum Gasteiger partial charge on any atom is -0.469 e. The van der Waals surface area contributed by atoms with E-state index in [0.717, 1.165) is 36.4 Å². The van der Waals surface area contributed by atoms with Crippen molar-refractivity contribution in [2.24, 2.45) is 12.8 Å². The molecule has 0 amide bonds. The monoisotopic (exact) mass is 269 g/mol. The number of hydrogen-bond acceptors (Lipinski definition) is 3. The molecule has 0 saturated carbocycles. The smallest absolute Gasteiger partial charge is 0.110 e. The van der Waals surface area contributed by atoms with Gasteiger partial charge >= 0.3 is 0 Å². The first kappa shape index (κ1) is 12.9. The molecule has 0 aliphatic rings. The number of benzene rings is 1. The van der Waals surface area contributed by atoms with Crippen molar-refractivity contribution in [3.8, 4) is 0 Å². The third kappa shape index (κ3) is 2.47. The van der Waals surface area contributed by atoms with Crippen LogP contribution >= 0.6 is 0 Å². The molecule has 0 spiro atoms. The summed E-state index contributed by atoms with van der Waals surface area (Å²) < 4.78 is 7.53. The average Bonchev–Trinajstić information content (AvgIpc) is 3.06. The Balaban J connectivity index is 1.86. The second-order valence-electron chi connectivity index (χ2n) is 5.03. The minimum absolute atomic E-state index is 0.675. The summed E-state index contributed by atoms with van der Waals surface area (Å²) in [7, 11) is 2.07. The highest BCUT2D eigenvalue weighted by molar-refractivity contribution is 5.76. The standard InChI is InChI=1S/C16H19N3O/c1-19-15-11-12(8-9-17)4-6-14(15)18-16(19)7-5-13-3-2-10-20-13/h2-4,6,10-11H,5,7-9,17H2,1H3. The molecule has 104 valence electrons. The first-order chi connectivity index (χ1) is 9.78. The first-order valence-electron chi connectivity index (χ1n) is 6.94. The third-order valence-electron chi connectivity index (χ3n) is 3.65. The summed E-state index contributed by atoms with van der Waals surface area (Å²) in [6.07, 6.45) is 4.37. The van der Waals surface area contributed by atoms with Crippen LogP contribution in [0.4, 0.5) is 0 Å². The lowest BCUT2D eigenvalue weighted by Gasteiger charge is -2.02. The molecule has 4 nitrogen and oxygen atoms in total. The highest BCUT2D eigenvalue weighted by atomic mass is 16.3. The summed E-state index contributed by atoms with van der Waals surface area (Å²) in [6.45, 7) is 0.675. The Morgan fingerprint density at radius 1 is 1.20 bits per heavy atom. The molecular weight excluding hydrogens is 250 g/mol. The largest absolute Gasteiger partial charge is 0.469 e. The molecule has 3 aromatic rings. The molecule has 2 aromatic heterocycles.